The number of anilines is 1. The first-order valence-corrected chi connectivity index (χ1v) is 14.4. The molecule has 2 atom stereocenters. The fourth-order valence-corrected chi connectivity index (χ4v) is 4.40. The van der Waals surface area contributed by atoms with E-state index in [0.29, 0.717) is 29.8 Å². The summed E-state index contributed by atoms with van der Waals surface area (Å²) in [5, 5.41) is 14.2. The zero-order chi connectivity index (χ0) is 32.2. The van der Waals surface area contributed by atoms with Crippen LogP contribution in [0.3, 0.4) is 0 Å². The van der Waals surface area contributed by atoms with Gasteiger partial charge in [0.05, 0.1) is 12.6 Å². The van der Waals surface area contributed by atoms with Gasteiger partial charge in [0.25, 0.3) is 11.8 Å². The predicted molar refractivity (Wildman–Crippen MR) is 161 cm³/mol. The van der Waals surface area contributed by atoms with Crippen molar-refractivity contribution in [2.45, 2.75) is 58.4 Å². The molecule has 0 fully saturated rings. The van der Waals surface area contributed by atoms with Gasteiger partial charge >= 0.3 is 6.03 Å². The number of nitrogens with one attached hydrogen (secondary N) is 3. The summed E-state index contributed by atoms with van der Waals surface area (Å²) in [4.78, 5) is 73.3. The van der Waals surface area contributed by atoms with Crippen molar-refractivity contribution in [3.05, 3.63) is 59.7 Å². The number of ketones is 1. The second kappa shape index (κ2) is 16.2. The van der Waals surface area contributed by atoms with E-state index in [1.807, 2.05) is 19.1 Å². The number of aryl methyl sites for hydroxylation is 1. The number of imide groups is 1. The summed E-state index contributed by atoms with van der Waals surface area (Å²) >= 11 is 0. The molecule has 44 heavy (non-hydrogen) atoms. The molecule has 0 radical (unpaired) electrons. The summed E-state index contributed by atoms with van der Waals surface area (Å²) in [6.07, 6.45) is 0.720. The first-order chi connectivity index (χ1) is 20.9. The van der Waals surface area contributed by atoms with Crippen LogP contribution in [0.1, 0.15) is 56.6 Å². The highest BCUT2D eigenvalue weighted by molar-refractivity contribution is 6.09. The number of benzene rings is 2. The fraction of sp³-hybridized carbons (Fsp3) is 0.419. The highest BCUT2D eigenvalue weighted by Gasteiger charge is 2.33. The molecular weight excluding hydrogens is 568 g/mol. The van der Waals surface area contributed by atoms with Crippen LogP contribution < -0.4 is 26.4 Å². The third-order valence-electron chi connectivity index (χ3n) is 7.06. The predicted octanol–water partition coefficient (Wildman–Crippen LogP) is 3.17. The Morgan fingerprint density at radius 2 is 1.57 bits per heavy atom. The molecule has 1 unspecified atom stereocenters. The minimum absolute atomic E-state index is 0.0412. The Kier molecular flexibility index (Phi) is 12.4. The number of ether oxygens (including phenoxy) is 1. The average molecular weight is 607 g/mol. The van der Waals surface area contributed by atoms with Gasteiger partial charge in [0.2, 0.25) is 11.8 Å². The standard InChI is InChI=1S/C31H38N6O7/c1-18(2)24(17-22(38)14-16-44-23-12-8-20(9-13-23)26-29(41)36-37-30(26)42)27(39)35-31(43)33-15-4-5-25(32)28(40)34-21-10-6-19(3)7-11-21/h6-13,18,24-26H,4-5,14-17,32H2,1-3H3,(H,34,40)(H2,33,35,39,43)/t24-,25?/m0/s1. The molecule has 0 aromatic heterocycles. The first kappa shape index (κ1) is 33.7. The molecular formula is C31H38N6O7. The molecule has 1 heterocycles. The van der Waals surface area contributed by atoms with Crippen molar-refractivity contribution < 1.29 is 33.5 Å². The summed E-state index contributed by atoms with van der Waals surface area (Å²) in [6, 6.07) is 12.2. The van der Waals surface area contributed by atoms with Crippen LogP contribution in [0.5, 0.6) is 5.75 Å². The van der Waals surface area contributed by atoms with E-state index in [4.69, 9.17) is 10.5 Å². The molecule has 234 valence electrons. The monoisotopic (exact) mass is 606 g/mol. The van der Waals surface area contributed by atoms with Crippen LogP contribution >= 0.6 is 0 Å². The average Bonchev–Trinajstić information content (AvgIpc) is 3.32. The Balaban J connectivity index is 1.34. The van der Waals surface area contributed by atoms with Crippen LogP contribution in [-0.2, 0) is 24.0 Å². The molecule has 2 aromatic carbocycles. The van der Waals surface area contributed by atoms with E-state index in [2.05, 4.69) is 26.2 Å². The smallest absolute Gasteiger partial charge is 0.321 e. The highest BCUT2D eigenvalue weighted by atomic mass is 16.5. The second-order valence-corrected chi connectivity index (χ2v) is 10.9. The number of urea groups is 1. The van der Waals surface area contributed by atoms with Crippen molar-refractivity contribution in [2.24, 2.45) is 27.8 Å². The third-order valence-corrected chi connectivity index (χ3v) is 7.06. The van der Waals surface area contributed by atoms with E-state index in [1.165, 1.54) is 0 Å². The zero-order valence-electron chi connectivity index (χ0n) is 25.0. The maximum Gasteiger partial charge on any atom is 0.321 e. The summed E-state index contributed by atoms with van der Waals surface area (Å²) in [6.45, 7) is 5.78. The van der Waals surface area contributed by atoms with E-state index in [9.17, 15) is 28.8 Å². The molecule has 1 aliphatic heterocycles. The van der Waals surface area contributed by atoms with Crippen molar-refractivity contribution in [1.82, 2.24) is 10.6 Å². The van der Waals surface area contributed by atoms with Crippen molar-refractivity contribution in [1.29, 1.82) is 0 Å². The number of nitrogens with two attached hydrogens (primary N) is 1. The summed E-state index contributed by atoms with van der Waals surface area (Å²) in [5.74, 6) is -3.85. The van der Waals surface area contributed by atoms with Crippen LogP contribution in [0.25, 0.3) is 0 Å². The van der Waals surface area contributed by atoms with Crippen LogP contribution in [0.2, 0.25) is 0 Å². The quantitative estimate of drug-likeness (QED) is 0.175. The molecule has 0 saturated heterocycles. The van der Waals surface area contributed by atoms with Crippen LogP contribution in [0.4, 0.5) is 10.5 Å². The molecule has 1 aliphatic rings. The second-order valence-electron chi connectivity index (χ2n) is 10.9. The molecule has 13 heteroatoms. The number of hydrogen-bond acceptors (Lipinski definition) is 8. The Labute approximate surface area is 255 Å². The van der Waals surface area contributed by atoms with Gasteiger partial charge in [0, 0.05) is 31.0 Å². The number of azo groups is 1. The summed E-state index contributed by atoms with van der Waals surface area (Å²) in [5.41, 5.74) is 8.13. The topological polar surface area (TPSA) is 198 Å². The molecule has 0 bridgehead atoms. The highest BCUT2D eigenvalue weighted by Crippen LogP contribution is 2.26. The Morgan fingerprint density at radius 3 is 2.18 bits per heavy atom. The summed E-state index contributed by atoms with van der Waals surface area (Å²) in [7, 11) is 0. The van der Waals surface area contributed by atoms with Crippen molar-refractivity contribution in [3.8, 4) is 5.75 Å². The third kappa shape index (κ3) is 10.2. The largest absolute Gasteiger partial charge is 0.493 e. The van der Waals surface area contributed by atoms with Crippen LogP contribution in [0, 0.1) is 18.8 Å². The van der Waals surface area contributed by atoms with Gasteiger partial charge in [-0.1, -0.05) is 43.7 Å². The number of hydrogen-bond donors (Lipinski definition) is 4. The molecule has 0 aliphatic carbocycles. The number of carbonyl (C=O) groups is 6. The van der Waals surface area contributed by atoms with Crippen LogP contribution in [-0.4, -0.2) is 54.6 Å². The van der Waals surface area contributed by atoms with Gasteiger partial charge < -0.3 is 21.1 Å². The lowest BCUT2D eigenvalue weighted by Gasteiger charge is -2.19. The Morgan fingerprint density at radius 1 is 0.932 bits per heavy atom. The summed E-state index contributed by atoms with van der Waals surface area (Å²) < 4.78 is 5.60. The van der Waals surface area contributed by atoms with Crippen molar-refractivity contribution >= 4 is 41.1 Å². The van der Waals surface area contributed by atoms with Crippen LogP contribution in [0.15, 0.2) is 58.8 Å². The van der Waals surface area contributed by atoms with Gasteiger partial charge in [-0.25, -0.2) is 4.79 Å². The number of rotatable bonds is 15. The lowest BCUT2D eigenvalue weighted by Crippen LogP contribution is -2.44. The molecule has 3 rings (SSSR count). The molecule has 0 saturated carbocycles. The minimum Gasteiger partial charge on any atom is -0.493 e. The Bertz CT molecular complexity index is 1370. The number of carbonyl (C=O) groups excluding carboxylic acids is 6. The number of amides is 6. The maximum absolute atomic E-state index is 12.7. The number of Topliss-reactive ketones (excluding diaryl/α,β-unsaturated/α-hetero) is 1. The molecule has 0 spiro atoms. The lowest BCUT2D eigenvalue weighted by atomic mass is 9.89. The number of nitrogens with zero attached hydrogens (tertiary/aromatic N) is 2. The van der Waals surface area contributed by atoms with E-state index in [0.717, 1.165) is 5.56 Å². The lowest BCUT2D eigenvalue weighted by molar-refractivity contribution is -0.130. The first-order valence-electron chi connectivity index (χ1n) is 14.4. The Hall–Kier alpha value is -4.78. The fourth-order valence-electron chi connectivity index (χ4n) is 4.40. The van der Waals surface area contributed by atoms with Gasteiger partial charge in [-0.3, -0.25) is 29.3 Å². The van der Waals surface area contributed by atoms with E-state index in [-0.39, 0.29) is 43.6 Å². The SMILES string of the molecule is Cc1ccc(NC(=O)C(N)CCCNC(=O)NC(=O)[C@@H](CC(=O)CCOc2ccc(C3C(=O)N=NC3=O)cc2)C(C)C)cc1. The van der Waals surface area contributed by atoms with Gasteiger partial charge in [-0.2, -0.15) is 0 Å². The van der Waals surface area contributed by atoms with Crippen molar-refractivity contribution in [3.63, 3.8) is 0 Å². The van der Waals surface area contributed by atoms with Crippen molar-refractivity contribution in [2.75, 3.05) is 18.5 Å². The van der Waals surface area contributed by atoms with E-state index < -0.39 is 41.6 Å². The van der Waals surface area contributed by atoms with Gasteiger partial charge in [0.15, 0.2) is 0 Å². The zero-order valence-corrected chi connectivity index (χ0v) is 25.0. The van der Waals surface area contributed by atoms with E-state index >= 15 is 0 Å². The van der Waals surface area contributed by atoms with Gasteiger partial charge in [-0.05, 0) is 55.5 Å². The normalized spacial score (nSPS) is 14.3. The molecule has 5 N–H and O–H groups in total. The maximum atomic E-state index is 12.7. The molecule has 2 aromatic rings. The molecule has 6 amide bonds. The van der Waals surface area contributed by atoms with Gasteiger partial charge in [0.1, 0.15) is 17.5 Å². The van der Waals surface area contributed by atoms with Gasteiger partial charge in [-0.15, -0.1) is 10.2 Å². The van der Waals surface area contributed by atoms with E-state index in [1.54, 1.807) is 50.2 Å². The minimum atomic E-state index is -1.03. The molecule has 13 nitrogen and oxygen atoms in total.